The fourth-order valence-electron chi connectivity index (χ4n) is 7.21. The highest BCUT2D eigenvalue weighted by Crippen LogP contribution is 2.41. The van der Waals surface area contributed by atoms with Gasteiger partial charge in [-0.2, -0.15) is 20.5 Å². The molecule has 10 heteroatoms. The highest BCUT2D eigenvalue weighted by Gasteiger charge is 2.49. The van der Waals surface area contributed by atoms with Crippen molar-refractivity contribution in [2.75, 3.05) is 44.2 Å². The van der Waals surface area contributed by atoms with Gasteiger partial charge in [0.1, 0.15) is 24.1 Å². The van der Waals surface area contributed by atoms with Crippen molar-refractivity contribution in [3.63, 3.8) is 0 Å². The number of alkyl halides is 1. The van der Waals surface area contributed by atoms with Crippen molar-refractivity contribution in [3.8, 4) is 29.3 Å². The lowest BCUT2D eigenvalue weighted by Crippen LogP contribution is -2.51. The summed E-state index contributed by atoms with van der Waals surface area (Å²) in [6.07, 6.45) is 1.67. The molecule has 3 aromatic carbocycles. The SMILES string of the molecule is N#CC[C@H]1CN(c2nc(OC[C@@]34CCCN3C[C@H](F)C4)nc3c(F)c(-c4cccc5cccc(C#N)c45)ccc23)CCN1. The van der Waals surface area contributed by atoms with Crippen LogP contribution in [-0.2, 0) is 0 Å². The number of ether oxygens (including phenoxy) is 1. The molecule has 7 rings (SSSR count). The molecule has 3 atom stereocenters. The first-order valence-electron chi connectivity index (χ1n) is 14.8. The van der Waals surface area contributed by atoms with Crippen LogP contribution in [0.3, 0.4) is 0 Å². The number of piperazine rings is 1. The van der Waals surface area contributed by atoms with Crippen molar-refractivity contribution in [3.05, 3.63) is 59.9 Å². The van der Waals surface area contributed by atoms with Gasteiger partial charge < -0.3 is 15.0 Å². The molecule has 0 unspecified atom stereocenters. The summed E-state index contributed by atoms with van der Waals surface area (Å²) >= 11 is 0. The number of nitrogens with one attached hydrogen (secondary N) is 1. The smallest absolute Gasteiger partial charge is 0.319 e. The van der Waals surface area contributed by atoms with Crippen molar-refractivity contribution in [2.24, 2.45) is 0 Å². The molecular formula is C33H31F2N7O. The number of anilines is 1. The van der Waals surface area contributed by atoms with Gasteiger partial charge in [-0.15, -0.1) is 0 Å². The van der Waals surface area contributed by atoms with E-state index in [2.05, 4.69) is 27.3 Å². The highest BCUT2D eigenvalue weighted by atomic mass is 19.1. The maximum atomic E-state index is 16.7. The summed E-state index contributed by atoms with van der Waals surface area (Å²) < 4.78 is 37.3. The zero-order chi connectivity index (χ0) is 29.6. The molecule has 1 aromatic heterocycles. The van der Waals surface area contributed by atoms with Gasteiger partial charge in [0, 0.05) is 55.0 Å². The Kier molecular flexibility index (Phi) is 7.04. The van der Waals surface area contributed by atoms with Crippen LogP contribution in [0.1, 0.15) is 31.2 Å². The number of nitrogens with zero attached hydrogens (tertiary/aromatic N) is 6. The van der Waals surface area contributed by atoms with E-state index in [1.54, 1.807) is 12.1 Å². The minimum atomic E-state index is -0.895. The maximum absolute atomic E-state index is 16.7. The van der Waals surface area contributed by atoms with Crippen LogP contribution in [0.15, 0.2) is 48.5 Å². The fourth-order valence-corrected chi connectivity index (χ4v) is 7.21. The third kappa shape index (κ3) is 4.81. The first-order chi connectivity index (χ1) is 21.0. The van der Waals surface area contributed by atoms with Gasteiger partial charge >= 0.3 is 6.01 Å². The fraction of sp³-hybridized carbons (Fsp3) is 0.394. The largest absolute Gasteiger partial charge is 0.461 e. The molecule has 218 valence electrons. The standard InChI is InChI=1S/C33H31F2N7O/c34-23-16-33(11-3-14-42(33)18-23)20-43-32-39-30-27(31(40-32)41-15-13-38-24(19-41)10-12-36)9-8-26(29(30)35)25-7-2-5-21-4-1-6-22(17-37)28(21)25/h1-2,4-9,23-24,38H,3,10-11,13-16,18-20H2/t23-,24+,33+/m1/s1. The van der Waals surface area contributed by atoms with E-state index in [0.717, 1.165) is 24.8 Å². The molecule has 0 amide bonds. The molecule has 8 nitrogen and oxygen atoms in total. The molecule has 0 saturated carbocycles. The van der Waals surface area contributed by atoms with Crippen molar-refractivity contribution in [2.45, 2.75) is 43.4 Å². The lowest BCUT2D eigenvalue weighted by molar-refractivity contribution is 0.107. The summed E-state index contributed by atoms with van der Waals surface area (Å²) in [6, 6.07) is 19.0. The van der Waals surface area contributed by atoms with Gasteiger partial charge in [0.2, 0.25) is 0 Å². The van der Waals surface area contributed by atoms with Gasteiger partial charge in [0.25, 0.3) is 0 Å². The van der Waals surface area contributed by atoms with E-state index in [1.165, 1.54) is 0 Å². The Labute approximate surface area is 248 Å². The van der Waals surface area contributed by atoms with Crippen LogP contribution in [0.5, 0.6) is 6.01 Å². The minimum absolute atomic E-state index is 0.0492. The molecule has 4 heterocycles. The molecule has 3 aliphatic heterocycles. The van der Waals surface area contributed by atoms with E-state index in [1.807, 2.05) is 41.3 Å². The summed E-state index contributed by atoms with van der Waals surface area (Å²) in [6.45, 7) is 3.26. The zero-order valence-electron chi connectivity index (χ0n) is 23.7. The molecule has 3 fully saturated rings. The molecule has 0 radical (unpaired) electrons. The highest BCUT2D eigenvalue weighted by molar-refractivity contribution is 6.03. The van der Waals surface area contributed by atoms with Crippen LogP contribution in [-0.4, -0.2) is 72.0 Å². The number of fused-ring (bicyclic) bond motifs is 3. The number of rotatable bonds is 6. The first kappa shape index (κ1) is 27.5. The first-order valence-corrected chi connectivity index (χ1v) is 14.8. The van der Waals surface area contributed by atoms with E-state index in [-0.39, 0.29) is 24.2 Å². The number of halogens is 2. The second kappa shape index (κ2) is 11.0. The van der Waals surface area contributed by atoms with Crippen LogP contribution < -0.4 is 15.0 Å². The van der Waals surface area contributed by atoms with Crippen molar-refractivity contribution >= 4 is 27.5 Å². The Morgan fingerprint density at radius 2 is 1.91 bits per heavy atom. The van der Waals surface area contributed by atoms with E-state index in [9.17, 15) is 14.9 Å². The molecule has 0 aliphatic carbocycles. The molecule has 3 aliphatic rings. The molecule has 43 heavy (non-hydrogen) atoms. The predicted molar refractivity (Wildman–Crippen MR) is 160 cm³/mol. The third-order valence-corrected chi connectivity index (χ3v) is 9.20. The van der Waals surface area contributed by atoms with Crippen LogP contribution in [0.4, 0.5) is 14.6 Å². The molecule has 4 aromatic rings. The second-order valence-electron chi connectivity index (χ2n) is 11.8. The van der Waals surface area contributed by atoms with E-state index >= 15 is 4.39 Å². The van der Waals surface area contributed by atoms with Gasteiger partial charge in [-0.1, -0.05) is 36.4 Å². The number of aromatic nitrogens is 2. The topological polar surface area (TPSA) is 101 Å². The van der Waals surface area contributed by atoms with Crippen LogP contribution in [0, 0.1) is 28.5 Å². The average molecular weight is 580 g/mol. The van der Waals surface area contributed by atoms with E-state index in [0.29, 0.717) is 72.3 Å². The number of hydrogen-bond acceptors (Lipinski definition) is 8. The summed E-state index contributed by atoms with van der Waals surface area (Å²) in [5, 5.41) is 24.5. The Hall–Kier alpha value is -4.38. The number of nitriles is 2. The summed E-state index contributed by atoms with van der Waals surface area (Å²) in [5.41, 5.74) is 1.12. The number of benzene rings is 3. The average Bonchev–Trinajstić information content (AvgIpc) is 3.55. The van der Waals surface area contributed by atoms with Crippen LogP contribution >= 0.6 is 0 Å². The van der Waals surface area contributed by atoms with Gasteiger partial charge in [0.15, 0.2) is 5.82 Å². The maximum Gasteiger partial charge on any atom is 0.319 e. The molecule has 3 saturated heterocycles. The molecular weight excluding hydrogens is 548 g/mol. The lowest BCUT2D eigenvalue weighted by atomic mass is 9.94. The van der Waals surface area contributed by atoms with Crippen molar-refractivity contribution < 1.29 is 13.5 Å². The monoisotopic (exact) mass is 579 g/mol. The van der Waals surface area contributed by atoms with Gasteiger partial charge in [0.05, 0.1) is 29.7 Å². The zero-order valence-corrected chi connectivity index (χ0v) is 23.7. The normalized spacial score (nSPS) is 23.8. The second-order valence-corrected chi connectivity index (χ2v) is 11.8. The van der Waals surface area contributed by atoms with Crippen LogP contribution in [0.2, 0.25) is 0 Å². The Morgan fingerprint density at radius 1 is 1.05 bits per heavy atom. The van der Waals surface area contributed by atoms with E-state index < -0.39 is 17.5 Å². The van der Waals surface area contributed by atoms with Crippen molar-refractivity contribution in [1.82, 2.24) is 20.2 Å². The van der Waals surface area contributed by atoms with Gasteiger partial charge in [-0.25, -0.2) is 8.78 Å². The Balaban J connectivity index is 1.35. The van der Waals surface area contributed by atoms with Crippen molar-refractivity contribution in [1.29, 1.82) is 10.5 Å². The molecule has 0 bridgehead atoms. The predicted octanol–water partition coefficient (Wildman–Crippen LogP) is 5.11. The van der Waals surface area contributed by atoms with Crippen LogP contribution in [0.25, 0.3) is 32.8 Å². The summed E-state index contributed by atoms with van der Waals surface area (Å²) in [7, 11) is 0. The summed E-state index contributed by atoms with van der Waals surface area (Å²) in [4.78, 5) is 13.6. The van der Waals surface area contributed by atoms with Gasteiger partial charge in [-0.3, -0.25) is 4.90 Å². The summed E-state index contributed by atoms with van der Waals surface area (Å²) in [5.74, 6) is 0.0152. The van der Waals surface area contributed by atoms with Gasteiger partial charge in [-0.05, 0) is 42.5 Å². The lowest BCUT2D eigenvalue weighted by Gasteiger charge is -2.34. The minimum Gasteiger partial charge on any atom is -0.461 e. The van der Waals surface area contributed by atoms with E-state index in [4.69, 9.17) is 9.72 Å². The third-order valence-electron chi connectivity index (χ3n) is 9.20. The number of hydrogen-bond donors (Lipinski definition) is 1. The molecule has 1 N–H and O–H groups in total. The molecule has 0 spiro atoms. The Bertz CT molecular complexity index is 1800. The quantitative estimate of drug-likeness (QED) is 0.337. The Morgan fingerprint density at radius 3 is 2.74 bits per heavy atom.